The number of hydrogen-bond donors (Lipinski definition) is 1. The minimum atomic E-state index is -4.01. The number of thioether (sulfide) groups is 1. The Labute approximate surface area is 94.2 Å². The zero-order valence-corrected chi connectivity index (χ0v) is 10.2. The van der Waals surface area contributed by atoms with Crippen LogP contribution in [0.25, 0.3) is 0 Å². The Hall–Kier alpha value is 0.100. The van der Waals surface area contributed by atoms with Crippen molar-refractivity contribution in [3.63, 3.8) is 0 Å². The highest BCUT2D eigenvalue weighted by Gasteiger charge is 2.26. The van der Waals surface area contributed by atoms with Crippen molar-refractivity contribution in [3.05, 3.63) is 0 Å². The van der Waals surface area contributed by atoms with Crippen molar-refractivity contribution in [3.8, 4) is 0 Å². The van der Waals surface area contributed by atoms with Crippen molar-refractivity contribution in [2.45, 2.75) is 45.3 Å². The van der Waals surface area contributed by atoms with Crippen LogP contribution in [0.15, 0.2) is 0 Å². The van der Waals surface area contributed by atoms with Gasteiger partial charge < -0.3 is 5.32 Å². The van der Waals surface area contributed by atoms with Crippen LogP contribution in [-0.4, -0.2) is 30.3 Å². The average Bonchev–Trinajstić information content (AvgIpc) is 2.12. The zero-order chi connectivity index (χ0) is 11.7. The molecule has 0 aliphatic rings. The van der Waals surface area contributed by atoms with E-state index < -0.39 is 12.6 Å². The van der Waals surface area contributed by atoms with Gasteiger partial charge >= 0.3 is 6.18 Å². The summed E-state index contributed by atoms with van der Waals surface area (Å²) in [6, 6.07) is 0.224. The Kier molecular flexibility index (Phi) is 8.33. The van der Waals surface area contributed by atoms with Crippen LogP contribution in [0.3, 0.4) is 0 Å². The molecule has 0 amide bonds. The first-order valence-corrected chi connectivity index (χ1v) is 6.53. The van der Waals surface area contributed by atoms with Gasteiger partial charge in [0.2, 0.25) is 0 Å². The Balaban J connectivity index is 3.65. The fourth-order valence-corrected chi connectivity index (χ4v) is 2.15. The van der Waals surface area contributed by atoms with Crippen LogP contribution in [0.4, 0.5) is 13.2 Å². The average molecular weight is 243 g/mol. The molecule has 0 spiro atoms. The minimum Gasteiger partial charge on any atom is -0.313 e. The van der Waals surface area contributed by atoms with Crippen LogP contribution in [0, 0.1) is 0 Å². The van der Waals surface area contributed by atoms with Gasteiger partial charge in [-0.25, -0.2) is 0 Å². The van der Waals surface area contributed by atoms with Crippen LogP contribution in [0.5, 0.6) is 0 Å². The topological polar surface area (TPSA) is 12.0 Å². The van der Waals surface area contributed by atoms with Gasteiger partial charge in [-0.1, -0.05) is 13.8 Å². The van der Waals surface area contributed by atoms with Crippen LogP contribution >= 0.6 is 11.8 Å². The van der Waals surface area contributed by atoms with E-state index in [9.17, 15) is 13.2 Å². The molecule has 5 heteroatoms. The van der Waals surface area contributed by atoms with Crippen molar-refractivity contribution in [1.29, 1.82) is 0 Å². The van der Waals surface area contributed by atoms with Crippen molar-refractivity contribution >= 4 is 11.8 Å². The smallest absolute Gasteiger partial charge is 0.313 e. The van der Waals surface area contributed by atoms with E-state index in [1.807, 2.05) is 6.92 Å². The molecule has 0 saturated heterocycles. The van der Waals surface area contributed by atoms with E-state index >= 15 is 0 Å². The summed E-state index contributed by atoms with van der Waals surface area (Å²) >= 11 is 1.77. The quantitative estimate of drug-likeness (QED) is 0.700. The Morgan fingerprint density at radius 2 is 1.93 bits per heavy atom. The molecular weight excluding hydrogens is 223 g/mol. The summed E-state index contributed by atoms with van der Waals surface area (Å²) in [6.07, 6.45) is -3.83. The molecule has 1 unspecified atom stereocenters. The van der Waals surface area contributed by atoms with Crippen LogP contribution < -0.4 is 5.32 Å². The Morgan fingerprint density at radius 1 is 1.27 bits per heavy atom. The van der Waals surface area contributed by atoms with E-state index in [0.717, 1.165) is 18.1 Å². The number of halogens is 3. The van der Waals surface area contributed by atoms with Gasteiger partial charge in [0.15, 0.2) is 0 Å². The van der Waals surface area contributed by atoms with Gasteiger partial charge in [0.1, 0.15) is 0 Å². The summed E-state index contributed by atoms with van der Waals surface area (Å²) in [5, 5.41) is 3.22. The van der Waals surface area contributed by atoms with Crippen molar-refractivity contribution < 1.29 is 13.2 Å². The lowest BCUT2D eigenvalue weighted by molar-refractivity contribution is -0.135. The predicted octanol–water partition coefficient (Wildman–Crippen LogP) is 3.45. The second kappa shape index (κ2) is 8.28. The van der Waals surface area contributed by atoms with E-state index in [2.05, 4.69) is 12.2 Å². The maximum atomic E-state index is 11.9. The highest BCUT2D eigenvalue weighted by atomic mass is 32.2. The first-order chi connectivity index (χ1) is 6.99. The molecule has 0 heterocycles. The fraction of sp³-hybridized carbons (Fsp3) is 1.00. The summed E-state index contributed by atoms with van der Waals surface area (Å²) in [4.78, 5) is 0. The third-order valence-corrected chi connectivity index (χ3v) is 3.08. The predicted molar refractivity (Wildman–Crippen MR) is 60.4 cm³/mol. The van der Waals surface area contributed by atoms with Gasteiger partial charge in [-0.2, -0.15) is 24.9 Å². The van der Waals surface area contributed by atoms with Crippen LogP contribution in [-0.2, 0) is 0 Å². The van der Waals surface area contributed by atoms with Crippen LogP contribution in [0.2, 0.25) is 0 Å². The van der Waals surface area contributed by atoms with Crippen molar-refractivity contribution in [2.75, 3.05) is 18.1 Å². The highest BCUT2D eigenvalue weighted by Crippen LogP contribution is 2.23. The molecule has 0 rings (SSSR count). The van der Waals surface area contributed by atoms with Crippen molar-refractivity contribution in [1.82, 2.24) is 5.32 Å². The summed E-state index contributed by atoms with van der Waals surface area (Å²) in [7, 11) is 0. The van der Waals surface area contributed by atoms with E-state index in [1.54, 1.807) is 11.8 Å². The van der Waals surface area contributed by atoms with Gasteiger partial charge in [-0.3, -0.25) is 0 Å². The Morgan fingerprint density at radius 3 is 2.40 bits per heavy atom. The minimum absolute atomic E-state index is 0.224. The lowest BCUT2D eigenvalue weighted by Crippen LogP contribution is -2.31. The third kappa shape index (κ3) is 10.4. The van der Waals surface area contributed by atoms with Gasteiger partial charge in [0.25, 0.3) is 0 Å². The van der Waals surface area contributed by atoms with Gasteiger partial charge in [-0.15, -0.1) is 0 Å². The largest absolute Gasteiger partial charge is 0.389 e. The maximum Gasteiger partial charge on any atom is 0.389 e. The van der Waals surface area contributed by atoms with E-state index in [1.165, 1.54) is 0 Å². The summed E-state index contributed by atoms with van der Waals surface area (Å²) in [6.45, 7) is 4.86. The third-order valence-electron chi connectivity index (χ3n) is 2.03. The first-order valence-electron chi connectivity index (χ1n) is 5.37. The fourth-order valence-electron chi connectivity index (χ4n) is 1.34. The molecule has 0 aromatic carbocycles. The number of alkyl halides is 3. The number of hydrogen-bond acceptors (Lipinski definition) is 2. The SMILES string of the molecule is CCNC(CCCC(F)(F)F)CSCC. The molecule has 0 bridgehead atoms. The summed E-state index contributed by atoms with van der Waals surface area (Å²) in [5.41, 5.74) is 0. The molecule has 92 valence electrons. The molecule has 15 heavy (non-hydrogen) atoms. The van der Waals surface area contributed by atoms with Gasteiger partial charge in [0, 0.05) is 18.2 Å². The second-order valence-corrected chi connectivity index (χ2v) is 4.74. The molecule has 1 nitrogen and oxygen atoms in total. The summed E-state index contributed by atoms with van der Waals surface area (Å²) < 4.78 is 35.8. The first kappa shape index (κ1) is 15.1. The zero-order valence-electron chi connectivity index (χ0n) is 9.36. The van der Waals surface area contributed by atoms with Crippen LogP contribution in [0.1, 0.15) is 33.1 Å². The molecule has 0 radical (unpaired) electrons. The molecule has 1 atom stereocenters. The standard InChI is InChI=1S/C10H20F3NS/c1-3-14-9(8-15-4-2)6-5-7-10(11,12)13/h9,14H,3-8H2,1-2H3. The Bertz CT molecular complexity index is 150. The van der Waals surface area contributed by atoms with E-state index in [4.69, 9.17) is 0 Å². The van der Waals surface area contributed by atoms with Crippen molar-refractivity contribution in [2.24, 2.45) is 0 Å². The van der Waals surface area contributed by atoms with E-state index in [-0.39, 0.29) is 12.5 Å². The molecule has 0 aliphatic carbocycles. The molecule has 0 saturated carbocycles. The molecule has 1 N–H and O–H groups in total. The maximum absolute atomic E-state index is 11.9. The van der Waals surface area contributed by atoms with Gasteiger partial charge in [0.05, 0.1) is 0 Å². The number of nitrogens with one attached hydrogen (secondary N) is 1. The van der Waals surface area contributed by atoms with E-state index in [0.29, 0.717) is 6.42 Å². The molecule has 0 aromatic rings. The monoisotopic (exact) mass is 243 g/mol. The summed E-state index contributed by atoms with van der Waals surface area (Å²) in [5.74, 6) is 1.92. The number of rotatable bonds is 8. The second-order valence-electron chi connectivity index (χ2n) is 3.42. The molecule has 0 fully saturated rings. The molecule has 0 aromatic heterocycles. The molecular formula is C10H20F3NS. The lowest BCUT2D eigenvalue weighted by Gasteiger charge is -2.17. The highest BCUT2D eigenvalue weighted by molar-refractivity contribution is 7.99. The lowest BCUT2D eigenvalue weighted by atomic mass is 10.1. The molecule has 0 aliphatic heterocycles. The van der Waals surface area contributed by atoms with Gasteiger partial charge in [-0.05, 0) is 25.1 Å². The normalized spacial score (nSPS) is 14.2.